The molecule has 1 aromatic heterocycles. The zero-order valence-corrected chi connectivity index (χ0v) is 17.4. The van der Waals surface area contributed by atoms with Crippen LogP contribution in [0.2, 0.25) is 0 Å². The summed E-state index contributed by atoms with van der Waals surface area (Å²) in [6.07, 6.45) is 0.964. The molecule has 0 aliphatic rings. The van der Waals surface area contributed by atoms with Crippen LogP contribution in [0.15, 0.2) is 59.1 Å². The largest absolute Gasteiger partial charge is 0.484 e. The maximum Gasteiger partial charge on any atom is 0.261 e. The van der Waals surface area contributed by atoms with Gasteiger partial charge in [0, 0.05) is 11.1 Å². The number of carbonyl (C=O) groups is 1. The molecule has 1 heterocycles. The van der Waals surface area contributed by atoms with Crippen molar-refractivity contribution in [2.45, 2.75) is 46.2 Å². The van der Waals surface area contributed by atoms with Crippen LogP contribution < -0.4 is 4.74 Å². The van der Waals surface area contributed by atoms with Crippen molar-refractivity contribution >= 4 is 5.91 Å². The smallest absolute Gasteiger partial charge is 0.261 e. The first-order valence-electron chi connectivity index (χ1n) is 9.77. The molecule has 0 aliphatic carbocycles. The lowest BCUT2D eigenvalue weighted by molar-refractivity contribution is -0.139. The Morgan fingerprint density at radius 1 is 1.07 bits per heavy atom. The minimum atomic E-state index is -0.423. The van der Waals surface area contributed by atoms with Gasteiger partial charge in [-0.2, -0.15) is 4.98 Å². The molecule has 0 N–H and O–H groups in total. The third-order valence-electron chi connectivity index (χ3n) is 4.60. The lowest BCUT2D eigenvalue weighted by Gasteiger charge is -2.34. The maximum absolute atomic E-state index is 12.9. The lowest BCUT2D eigenvalue weighted by Crippen LogP contribution is -2.47. The van der Waals surface area contributed by atoms with Gasteiger partial charge in [0.05, 0.1) is 0 Å². The second-order valence-corrected chi connectivity index (χ2v) is 7.81. The molecule has 0 radical (unpaired) electrons. The van der Waals surface area contributed by atoms with E-state index >= 15 is 0 Å². The van der Waals surface area contributed by atoms with Crippen molar-refractivity contribution in [3.05, 3.63) is 66.1 Å². The molecular weight excluding hydrogens is 366 g/mol. The number of hydrogen-bond donors (Lipinski definition) is 0. The van der Waals surface area contributed by atoms with Gasteiger partial charge in [-0.25, -0.2) is 0 Å². The summed E-state index contributed by atoms with van der Waals surface area (Å²) < 4.78 is 11.1. The van der Waals surface area contributed by atoms with E-state index in [1.165, 1.54) is 5.56 Å². The number of hydrogen-bond acceptors (Lipinski definition) is 5. The average molecular weight is 393 g/mol. The molecule has 1 amide bonds. The summed E-state index contributed by atoms with van der Waals surface area (Å²) in [5, 5.41) is 4.04. The number of benzene rings is 2. The summed E-state index contributed by atoms with van der Waals surface area (Å²) >= 11 is 0. The predicted molar refractivity (Wildman–Crippen MR) is 111 cm³/mol. The first-order chi connectivity index (χ1) is 13.9. The Kier molecular flexibility index (Phi) is 6.32. The van der Waals surface area contributed by atoms with Gasteiger partial charge in [-0.1, -0.05) is 54.5 Å². The van der Waals surface area contributed by atoms with Crippen molar-refractivity contribution in [2.75, 3.05) is 6.61 Å². The van der Waals surface area contributed by atoms with E-state index in [9.17, 15) is 4.79 Å². The second kappa shape index (κ2) is 8.90. The zero-order valence-electron chi connectivity index (χ0n) is 17.4. The summed E-state index contributed by atoms with van der Waals surface area (Å²) in [5.74, 6) is 1.43. The van der Waals surface area contributed by atoms with Crippen molar-refractivity contribution in [1.82, 2.24) is 15.0 Å². The molecule has 0 aliphatic heterocycles. The van der Waals surface area contributed by atoms with Crippen LogP contribution in [-0.4, -0.2) is 33.1 Å². The Morgan fingerprint density at radius 2 is 1.76 bits per heavy atom. The van der Waals surface area contributed by atoms with Gasteiger partial charge in [-0.05, 0) is 44.9 Å². The second-order valence-electron chi connectivity index (χ2n) is 7.81. The van der Waals surface area contributed by atoms with Crippen LogP contribution in [0, 0.1) is 0 Å². The van der Waals surface area contributed by atoms with Crippen molar-refractivity contribution in [2.24, 2.45) is 0 Å². The fraction of sp³-hybridized carbons (Fsp3) is 0.348. The van der Waals surface area contributed by atoms with E-state index in [1.54, 1.807) is 4.90 Å². The molecular formula is C23H27N3O3. The molecule has 152 valence electrons. The van der Waals surface area contributed by atoms with Gasteiger partial charge in [-0.15, -0.1) is 0 Å². The van der Waals surface area contributed by atoms with Crippen LogP contribution >= 0.6 is 0 Å². The van der Waals surface area contributed by atoms with Gasteiger partial charge >= 0.3 is 0 Å². The minimum absolute atomic E-state index is 0.0532. The van der Waals surface area contributed by atoms with Crippen molar-refractivity contribution < 1.29 is 14.1 Å². The Balaban J connectivity index is 1.67. The van der Waals surface area contributed by atoms with Gasteiger partial charge in [-0.3, -0.25) is 4.79 Å². The number of amides is 1. The third kappa shape index (κ3) is 5.44. The highest BCUT2D eigenvalue weighted by molar-refractivity contribution is 5.78. The van der Waals surface area contributed by atoms with Gasteiger partial charge < -0.3 is 14.2 Å². The fourth-order valence-electron chi connectivity index (χ4n) is 2.90. The van der Waals surface area contributed by atoms with E-state index in [0.29, 0.717) is 17.5 Å². The molecule has 0 bridgehead atoms. The average Bonchev–Trinajstić information content (AvgIpc) is 3.19. The van der Waals surface area contributed by atoms with Gasteiger partial charge in [0.2, 0.25) is 11.7 Å². The van der Waals surface area contributed by atoms with E-state index in [1.807, 2.05) is 75.4 Å². The van der Waals surface area contributed by atoms with Crippen molar-refractivity contribution in [3.63, 3.8) is 0 Å². The van der Waals surface area contributed by atoms with Crippen LogP contribution in [0.4, 0.5) is 0 Å². The van der Waals surface area contributed by atoms with E-state index in [2.05, 4.69) is 17.1 Å². The van der Waals surface area contributed by atoms with Crippen LogP contribution in [-0.2, 0) is 17.8 Å². The Morgan fingerprint density at radius 3 is 2.38 bits per heavy atom. The van der Waals surface area contributed by atoms with Crippen LogP contribution in [0.3, 0.4) is 0 Å². The molecule has 6 heteroatoms. The summed E-state index contributed by atoms with van der Waals surface area (Å²) in [4.78, 5) is 19.0. The molecule has 0 saturated carbocycles. The van der Waals surface area contributed by atoms with Crippen molar-refractivity contribution in [3.8, 4) is 17.1 Å². The SMILES string of the molecule is CCc1ccc(OCC(=O)N(Cc2nc(-c3ccccc3)no2)C(C)(C)C)cc1. The first-order valence-corrected chi connectivity index (χ1v) is 9.77. The molecule has 0 spiro atoms. The highest BCUT2D eigenvalue weighted by Gasteiger charge is 2.29. The summed E-state index contributed by atoms with van der Waals surface area (Å²) in [5.41, 5.74) is 1.68. The molecule has 6 nitrogen and oxygen atoms in total. The number of ether oxygens (including phenoxy) is 1. The number of rotatable bonds is 7. The van der Waals surface area contributed by atoms with Gasteiger partial charge in [0.25, 0.3) is 5.91 Å². The van der Waals surface area contributed by atoms with Crippen LogP contribution in [0.5, 0.6) is 5.75 Å². The summed E-state index contributed by atoms with van der Waals surface area (Å²) in [7, 11) is 0. The molecule has 0 fully saturated rings. The van der Waals surface area contributed by atoms with Crippen molar-refractivity contribution in [1.29, 1.82) is 0 Å². The molecule has 0 unspecified atom stereocenters. The van der Waals surface area contributed by atoms with Crippen LogP contribution in [0.1, 0.15) is 39.1 Å². The highest BCUT2D eigenvalue weighted by atomic mass is 16.5. The zero-order chi connectivity index (χ0) is 20.9. The number of carbonyl (C=O) groups excluding carboxylic acids is 1. The number of aryl methyl sites for hydroxylation is 1. The molecule has 0 saturated heterocycles. The summed E-state index contributed by atoms with van der Waals surface area (Å²) in [6, 6.07) is 17.4. The van der Waals surface area contributed by atoms with E-state index in [4.69, 9.17) is 9.26 Å². The quantitative estimate of drug-likeness (QED) is 0.591. The standard InChI is InChI=1S/C23H27N3O3/c1-5-17-11-13-19(14-12-17)28-16-21(27)26(23(2,3)4)15-20-24-22(25-29-20)18-9-7-6-8-10-18/h6-14H,5,15-16H2,1-4H3. The molecule has 2 aromatic carbocycles. The molecule has 3 aromatic rings. The predicted octanol–water partition coefficient (Wildman–Crippen LogP) is 4.51. The van der Waals surface area contributed by atoms with E-state index in [-0.39, 0.29) is 19.1 Å². The minimum Gasteiger partial charge on any atom is -0.484 e. The third-order valence-corrected chi connectivity index (χ3v) is 4.60. The monoisotopic (exact) mass is 393 g/mol. The number of aromatic nitrogens is 2. The van der Waals surface area contributed by atoms with Crippen LogP contribution in [0.25, 0.3) is 11.4 Å². The van der Waals surface area contributed by atoms with Gasteiger partial charge in [0.15, 0.2) is 6.61 Å². The van der Waals surface area contributed by atoms with Gasteiger partial charge in [0.1, 0.15) is 12.3 Å². The fourth-order valence-corrected chi connectivity index (χ4v) is 2.90. The molecule has 3 rings (SSSR count). The van der Waals surface area contributed by atoms with E-state index in [0.717, 1.165) is 12.0 Å². The first kappa shape index (κ1) is 20.6. The Bertz CT molecular complexity index is 928. The highest BCUT2D eigenvalue weighted by Crippen LogP contribution is 2.20. The topological polar surface area (TPSA) is 68.5 Å². The molecule has 0 atom stereocenters. The Labute approximate surface area is 171 Å². The van der Waals surface area contributed by atoms with E-state index < -0.39 is 5.54 Å². The number of nitrogens with zero attached hydrogens (tertiary/aromatic N) is 3. The normalized spacial score (nSPS) is 11.3. The maximum atomic E-state index is 12.9. The molecule has 29 heavy (non-hydrogen) atoms. The lowest BCUT2D eigenvalue weighted by atomic mass is 10.1. The summed E-state index contributed by atoms with van der Waals surface area (Å²) in [6.45, 7) is 8.17. The Hall–Kier alpha value is -3.15.